The summed E-state index contributed by atoms with van der Waals surface area (Å²) in [5, 5.41) is 3.32. The standard InChI is InChI=1S/C20H21NO4/c1-23-17-9-7-16(8-10-17)19-18(14-25-20(19)22)24-12-11-21-13-15-5-3-2-4-6-15/h2-10,21H,11-14H2,1H3. The van der Waals surface area contributed by atoms with Gasteiger partial charge in [-0.25, -0.2) is 4.79 Å². The lowest BCUT2D eigenvalue weighted by atomic mass is 10.1. The van der Waals surface area contributed by atoms with Gasteiger partial charge in [-0.05, 0) is 23.3 Å². The maximum atomic E-state index is 12.0. The van der Waals surface area contributed by atoms with E-state index in [0.717, 1.165) is 17.9 Å². The molecule has 1 aliphatic rings. The number of esters is 1. The number of methoxy groups -OCH3 is 1. The van der Waals surface area contributed by atoms with Gasteiger partial charge in [-0.1, -0.05) is 42.5 Å². The molecule has 5 nitrogen and oxygen atoms in total. The van der Waals surface area contributed by atoms with Crippen LogP contribution in [0.1, 0.15) is 11.1 Å². The van der Waals surface area contributed by atoms with E-state index < -0.39 is 0 Å². The number of benzene rings is 2. The summed E-state index contributed by atoms with van der Waals surface area (Å²) in [6.07, 6.45) is 0. The zero-order valence-corrected chi connectivity index (χ0v) is 14.2. The highest BCUT2D eigenvalue weighted by atomic mass is 16.6. The molecule has 0 fully saturated rings. The van der Waals surface area contributed by atoms with Crippen LogP contribution in [0.3, 0.4) is 0 Å². The lowest BCUT2D eigenvalue weighted by molar-refractivity contribution is -0.134. The Morgan fingerprint density at radius 2 is 1.84 bits per heavy atom. The van der Waals surface area contributed by atoms with Crippen molar-refractivity contribution in [3.05, 3.63) is 71.5 Å². The fraction of sp³-hybridized carbons (Fsp3) is 0.250. The summed E-state index contributed by atoms with van der Waals surface area (Å²) in [5.41, 5.74) is 2.49. The molecule has 0 aliphatic carbocycles. The van der Waals surface area contributed by atoms with E-state index in [-0.39, 0.29) is 12.6 Å². The van der Waals surface area contributed by atoms with Gasteiger partial charge in [0.1, 0.15) is 30.3 Å². The summed E-state index contributed by atoms with van der Waals surface area (Å²) < 4.78 is 16.0. The largest absolute Gasteiger partial charge is 0.497 e. The second kappa shape index (κ2) is 8.35. The quantitative estimate of drug-likeness (QED) is 0.592. The minimum Gasteiger partial charge on any atom is -0.497 e. The van der Waals surface area contributed by atoms with Gasteiger partial charge in [0.15, 0.2) is 0 Å². The summed E-state index contributed by atoms with van der Waals surface area (Å²) in [5.74, 6) is 0.970. The number of hydrogen-bond donors (Lipinski definition) is 1. The zero-order chi connectivity index (χ0) is 17.5. The third kappa shape index (κ3) is 4.39. The molecule has 0 amide bonds. The summed E-state index contributed by atoms with van der Waals surface area (Å²) in [6.45, 7) is 2.11. The normalized spacial score (nSPS) is 13.7. The molecule has 0 saturated heterocycles. The smallest absolute Gasteiger partial charge is 0.342 e. The van der Waals surface area contributed by atoms with Gasteiger partial charge in [-0.3, -0.25) is 0 Å². The fourth-order valence-electron chi connectivity index (χ4n) is 2.61. The van der Waals surface area contributed by atoms with E-state index in [0.29, 0.717) is 24.5 Å². The Bertz CT molecular complexity index is 738. The summed E-state index contributed by atoms with van der Waals surface area (Å²) in [6, 6.07) is 17.5. The first kappa shape index (κ1) is 17.0. The Hall–Kier alpha value is -2.79. The molecular weight excluding hydrogens is 318 g/mol. The number of hydrogen-bond acceptors (Lipinski definition) is 5. The van der Waals surface area contributed by atoms with Crippen molar-refractivity contribution in [2.24, 2.45) is 0 Å². The van der Waals surface area contributed by atoms with Crippen LogP contribution in [-0.4, -0.2) is 32.8 Å². The molecule has 0 saturated carbocycles. The molecule has 2 aromatic carbocycles. The van der Waals surface area contributed by atoms with Crippen molar-refractivity contribution in [2.45, 2.75) is 6.54 Å². The highest BCUT2D eigenvalue weighted by Gasteiger charge is 2.27. The van der Waals surface area contributed by atoms with Gasteiger partial charge in [-0.2, -0.15) is 0 Å². The third-order valence-corrected chi connectivity index (χ3v) is 3.92. The van der Waals surface area contributed by atoms with Gasteiger partial charge in [0.2, 0.25) is 0 Å². The van der Waals surface area contributed by atoms with E-state index in [9.17, 15) is 4.79 Å². The van der Waals surface area contributed by atoms with Crippen LogP contribution >= 0.6 is 0 Å². The van der Waals surface area contributed by atoms with Crippen molar-refractivity contribution < 1.29 is 19.0 Å². The molecule has 0 spiro atoms. The number of carbonyl (C=O) groups excluding carboxylic acids is 1. The Balaban J connectivity index is 1.55. The molecule has 130 valence electrons. The van der Waals surface area contributed by atoms with Crippen molar-refractivity contribution in [1.29, 1.82) is 0 Å². The fourth-order valence-corrected chi connectivity index (χ4v) is 2.61. The zero-order valence-electron chi connectivity index (χ0n) is 14.2. The monoisotopic (exact) mass is 339 g/mol. The first-order valence-electron chi connectivity index (χ1n) is 8.20. The van der Waals surface area contributed by atoms with E-state index in [1.807, 2.05) is 42.5 Å². The molecule has 3 rings (SSSR count). The van der Waals surface area contributed by atoms with Crippen molar-refractivity contribution in [1.82, 2.24) is 5.32 Å². The first-order valence-corrected chi connectivity index (χ1v) is 8.20. The number of cyclic esters (lactones) is 1. The first-order chi connectivity index (χ1) is 12.3. The van der Waals surface area contributed by atoms with E-state index in [1.54, 1.807) is 7.11 Å². The number of ether oxygens (including phenoxy) is 3. The topological polar surface area (TPSA) is 56.8 Å². The lowest BCUT2D eigenvalue weighted by Crippen LogP contribution is -2.19. The molecule has 5 heteroatoms. The van der Waals surface area contributed by atoms with Crippen LogP contribution in [0.2, 0.25) is 0 Å². The van der Waals surface area contributed by atoms with Crippen LogP contribution in [0.15, 0.2) is 60.4 Å². The van der Waals surface area contributed by atoms with Gasteiger partial charge in [0.05, 0.1) is 7.11 Å². The third-order valence-electron chi connectivity index (χ3n) is 3.92. The minimum atomic E-state index is -0.350. The SMILES string of the molecule is COc1ccc(C2=C(OCCNCc3ccccc3)COC2=O)cc1. The Morgan fingerprint density at radius 3 is 2.56 bits per heavy atom. The van der Waals surface area contributed by atoms with Gasteiger partial charge in [0, 0.05) is 13.1 Å². The van der Waals surface area contributed by atoms with Crippen LogP contribution in [0.25, 0.3) is 5.57 Å². The molecule has 1 heterocycles. The van der Waals surface area contributed by atoms with Crippen molar-refractivity contribution in [3.8, 4) is 5.75 Å². The predicted octanol–water partition coefficient (Wildman–Crippen LogP) is 2.77. The van der Waals surface area contributed by atoms with E-state index in [1.165, 1.54) is 5.56 Å². The molecule has 0 aromatic heterocycles. The van der Waals surface area contributed by atoms with Crippen LogP contribution in [0.5, 0.6) is 5.75 Å². The Kier molecular flexibility index (Phi) is 5.69. The molecule has 0 unspecified atom stereocenters. The highest BCUT2D eigenvalue weighted by Crippen LogP contribution is 2.28. The molecule has 0 bridgehead atoms. The van der Waals surface area contributed by atoms with Crippen LogP contribution in [0, 0.1) is 0 Å². The number of nitrogens with one attached hydrogen (secondary N) is 1. The molecule has 0 radical (unpaired) electrons. The van der Waals surface area contributed by atoms with Gasteiger partial charge >= 0.3 is 5.97 Å². The van der Waals surface area contributed by atoms with Crippen molar-refractivity contribution >= 4 is 11.5 Å². The molecule has 1 aliphatic heterocycles. The average Bonchev–Trinajstić information content (AvgIpc) is 3.03. The highest BCUT2D eigenvalue weighted by molar-refractivity contribution is 6.18. The van der Waals surface area contributed by atoms with Crippen LogP contribution in [-0.2, 0) is 20.8 Å². The molecule has 1 N–H and O–H groups in total. The summed E-state index contributed by atoms with van der Waals surface area (Å²) >= 11 is 0. The summed E-state index contributed by atoms with van der Waals surface area (Å²) in [4.78, 5) is 12.0. The van der Waals surface area contributed by atoms with E-state index in [2.05, 4.69) is 17.4 Å². The average molecular weight is 339 g/mol. The molecule has 25 heavy (non-hydrogen) atoms. The number of carbonyl (C=O) groups is 1. The van der Waals surface area contributed by atoms with Gasteiger partial charge < -0.3 is 19.5 Å². The molecule has 0 atom stereocenters. The second-order valence-electron chi connectivity index (χ2n) is 5.61. The van der Waals surface area contributed by atoms with Crippen LogP contribution in [0.4, 0.5) is 0 Å². The minimum absolute atomic E-state index is 0.179. The molecular formula is C20H21NO4. The lowest BCUT2D eigenvalue weighted by Gasteiger charge is -2.09. The van der Waals surface area contributed by atoms with Crippen molar-refractivity contribution in [3.63, 3.8) is 0 Å². The predicted molar refractivity (Wildman–Crippen MR) is 95.0 cm³/mol. The number of rotatable bonds is 8. The van der Waals surface area contributed by atoms with E-state index >= 15 is 0 Å². The van der Waals surface area contributed by atoms with Gasteiger partial charge in [-0.15, -0.1) is 0 Å². The van der Waals surface area contributed by atoms with Crippen molar-refractivity contribution in [2.75, 3.05) is 26.9 Å². The Morgan fingerprint density at radius 1 is 1.08 bits per heavy atom. The van der Waals surface area contributed by atoms with Crippen LogP contribution < -0.4 is 10.1 Å². The maximum absolute atomic E-state index is 12.0. The molecule has 2 aromatic rings. The van der Waals surface area contributed by atoms with E-state index in [4.69, 9.17) is 14.2 Å². The Labute approximate surface area is 147 Å². The summed E-state index contributed by atoms with van der Waals surface area (Å²) in [7, 11) is 1.61. The second-order valence-corrected chi connectivity index (χ2v) is 5.61. The van der Waals surface area contributed by atoms with Gasteiger partial charge in [0.25, 0.3) is 0 Å². The maximum Gasteiger partial charge on any atom is 0.342 e.